The van der Waals surface area contributed by atoms with Crippen molar-refractivity contribution in [3.8, 4) is 0 Å². The molecule has 1 unspecified atom stereocenters. The highest BCUT2D eigenvalue weighted by Gasteiger charge is 2.12. The zero-order valence-corrected chi connectivity index (χ0v) is 16.7. The first kappa shape index (κ1) is 21.8. The maximum atomic E-state index is 12.6. The van der Waals surface area contributed by atoms with Crippen molar-refractivity contribution < 1.29 is 13.5 Å². The van der Waals surface area contributed by atoms with Gasteiger partial charge >= 0.3 is 0 Å². The van der Waals surface area contributed by atoms with Gasteiger partial charge in [0, 0.05) is 30.3 Å². The van der Waals surface area contributed by atoms with E-state index in [0.29, 0.717) is 35.9 Å². The molecule has 0 fully saturated rings. The zero-order valence-electron chi connectivity index (χ0n) is 15.0. The Morgan fingerprint density at radius 2 is 2.12 bits per heavy atom. The van der Waals surface area contributed by atoms with Crippen LogP contribution >= 0.6 is 11.8 Å². The average molecular weight is 388 g/mol. The van der Waals surface area contributed by atoms with E-state index >= 15 is 0 Å². The predicted molar refractivity (Wildman–Crippen MR) is 103 cm³/mol. The maximum absolute atomic E-state index is 12.6. The standard InChI is InChI=1S/C14H19N3O4S2.C2H6/c1-3-21-9-11-7-10-8-15-14(22-2)16-12(10)17(13(11)18)5-4-6-23(19)20;1-2/h7-8H,3-6,9H2,1-2H3,(H,19,20);1-2H3. The lowest BCUT2D eigenvalue weighted by Crippen LogP contribution is -2.26. The van der Waals surface area contributed by atoms with Gasteiger partial charge in [-0.3, -0.25) is 9.36 Å². The topological polar surface area (TPSA) is 94.3 Å². The Labute approximate surface area is 154 Å². The summed E-state index contributed by atoms with van der Waals surface area (Å²) in [5, 5.41) is 1.33. The van der Waals surface area contributed by atoms with E-state index in [1.807, 2.05) is 27.0 Å². The summed E-state index contributed by atoms with van der Waals surface area (Å²) in [5.41, 5.74) is 0.892. The number of rotatable bonds is 8. The summed E-state index contributed by atoms with van der Waals surface area (Å²) >= 11 is -0.479. The third kappa shape index (κ3) is 6.18. The number of nitrogens with zero attached hydrogens (tertiary/aromatic N) is 3. The van der Waals surface area contributed by atoms with Crippen LogP contribution in [0, 0.1) is 0 Å². The van der Waals surface area contributed by atoms with Crippen molar-refractivity contribution in [3.63, 3.8) is 0 Å². The van der Waals surface area contributed by atoms with E-state index in [1.54, 1.807) is 12.3 Å². The lowest BCUT2D eigenvalue weighted by atomic mass is 10.2. The zero-order chi connectivity index (χ0) is 18.8. The van der Waals surface area contributed by atoms with Gasteiger partial charge in [0.2, 0.25) is 0 Å². The second-order valence-electron chi connectivity index (χ2n) is 4.78. The van der Waals surface area contributed by atoms with Crippen molar-refractivity contribution in [2.45, 2.75) is 45.5 Å². The Morgan fingerprint density at radius 1 is 1.40 bits per heavy atom. The van der Waals surface area contributed by atoms with E-state index in [1.165, 1.54) is 16.3 Å². The van der Waals surface area contributed by atoms with Gasteiger partial charge in [-0.15, -0.1) is 0 Å². The number of hydrogen-bond acceptors (Lipinski definition) is 6. The van der Waals surface area contributed by atoms with E-state index in [0.717, 1.165) is 5.39 Å². The van der Waals surface area contributed by atoms with Gasteiger partial charge in [0.25, 0.3) is 5.56 Å². The molecule has 140 valence electrons. The molecule has 0 radical (unpaired) electrons. The third-order valence-electron chi connectivity index (χ3n) is 3.22. The largest absolute Gasteiger partial charge is 0.377 e. The van der Waals surface area contributed by atoms with Crippen LogP contribution in [0.25, 0.3) is 11.0 Å². The smallest absolute Gasteiger partial charge is 0.257 e. The Bertz CT molecular complexity index is 765. The second-order valence-corrected chi connectivity index (χ2v) is 6.60. The van der Waals surface area contributed by atoms with Crippen LogP contribution in [0.1, 0.15) is 32.8 Å². The summed E-state index contributed by atoms with van der Waals surface area (Å²) in [6.07, 6.45) is 3.96. The first-order valence-electron chi connectivity index (χ1n) is 8.15. The first-order chi connectivity index (χ1) is 12.1. The molecule has 1 N–H and O–H groups in total. The number of pyridine rings is 1. The van der Waals surface area contributed by atoms with Crippen LogP contribution in [0.15, 0.2) is 22.2 Å². The minimum Gasteiger partial charge on any atom is -0.377 e. The Kier molecular flexibility index (Phi) is 9.88. The SMILES string of the molecule is CC.CCOCc1cc2cnc(SC)nc2n(CCCS(=O)O)c1=O. The van der Waals surface area contributed by atoms with Crippen molar-refractivity contribution in [3.05, 3.63) is 28.2 Å². The van der Waals surface area contributed by atoms with Crippen LogP contribution < -0.4 is 5.56 Å². The molecule has 0 spiro atoms. The summed E-state index contributed by atoms with van der Waals surface area (Å²) in [7, 11) is 0. The van der Waals surface area contributed by atoms with E-state index in [4.69, 9.17) is 9.29 Å². The van der Waals surface area contributed by atoms with Crippen molar-refractivity contribution >= 4 is 33.9 Å². The Hall–Kier alpha value is -1.29. The van der Waals surface area contributed by atoms with Crippen molar-refractivity contribution in [2.24, 2.45) is 0 Å². The molecule has 25 heavy (non-hydrogen) atoms. The molecule has 2 aromatic rings. The summed E-state index contributed by atoms with van der Waals surface area (Å²) in [6, 6.07) is 1.75. The molecule has 9 heteroatoms. The molecule has 2 heterocycles. The highest BCUT2D eigenvalue weighted by Crippen LogP contribution is 2.16. The van der Waals surface area contributed by atoms with Crippen LogP contribution in [-0.2, 0) is 29.0 Å². The first-order valence-corrected chi connectivity index (χ1v) is 10.7. The van der Waals surface area contributed by atoms with Gasteiger partial charge in [-0.1, -0.05) is 25.6 Å². The number of fused-ring (bicyclic) bond motifs is 1. The van der Waals surface area contributed by atoms with Gasteiger partial charge in [0.05, 0.1) is 12.4 Å². The average Bonchev–Trinajstić information content (AvgIpc) is 2.63. The summed E-state index contributed by atoms with van der Waals surface area (Å²) in [4.78, 5) is 21.3. The maximum Gasteiger partial charge on any atom is 0.257 e. The molecule has 2 rings (SSSR count). The minimum absolute atomic E-state index is 0.115. The monoisotopic (exact) mass is 387 g/mol. The molecule has 0 saturated carbocycles. The molecule has 7 nitrogen and oxygen atoms in total. The number of hydrogen-bond donors (Lipinski definition) is 1. The molecule has 0 aliphatic heterocycles. The van der Waals surface area contributed by atoms with Gasteiger partial charge in [-0.2, -0.15) is 0 Å². The number of ether oxygens (including phenoxy) is 1. The predicted octanol–water partition coefficient (Wildman–Crippen LogP) is 2.69. The summed E-state index contributed by atoms with van der Waals surface area (Å²) in [6.45, 7) is 6.93. The van der Waals surface area contributed by atoms with Crippen molar-refractivity contribution in [2.75, 3.05) is 18.6 Å². The van der Waals surface area contributed by atoms with Crippen LogP contribution in [0.4, 0.5) is 0 Å². The lowest BCUT2D eigenvalue weighted by molar-refractivity contribution is 0.133. The van der Waals surface area contributed by atoms with Gasteiger partial charge in [-0.05, 0) is 25.7 Å². The third-order valence-corrected chi connectivity index (χ3v) is 4.42. The Balaban J connectivity index is 0.00000151. The second kappa shape index (κ2) is 11.3. The van der Waals surface area contributed by atoms with Crippen LogP contribution in [0.3, 0.4) is 0 Å². The number of aromatic nitrogens is 3. The molecule has 0 saturated heterocycles. The molecule has 1 atom stereocenters. The fourth-order valence-electron chi connectivity index (χ4n) is 2.17. The van der Waals surface area contributed by atoms with Crippen LogP contribution in [0.2, 0.25) is 0 Å². The minimum atomic E-state index is -1.87. The van der Waals surface area contributed by atoms with E-state index in [9.17, 15) is 9.00 Å². The summed E-state index contributed by atoms with van der Waals surface area (Å²) in [5.74, 6) is 0.115. The molecule has 2 aromatic heterocycles. The molecule has 0 aromatic carbocycles. The highest BCUT2D eigenvalue weighted by molar-refractivity contribution is 7.98. The van der Waals surface area contributed by atoms with E-state index in [-0.39, 0.29) is 17.9 Å². The molecule has 0 aliphatic rings. The van der Waals surface area contributed by atoms with E-state index in [2.05, 4.69) is 9.97 Å². The molecule has 0 amide bonds. The molecule has 0 bridgehead atoms. The lowest BCUT2D eigenvalue weighted by Gasteiger charge is -2.12. The van der Waals surface area contributed by atoms with E-state index < -0.39 is 11.1 Å². The highest BCUT2D eigenvalue weighted by atomic mass is 32.2. The van der Waals surface area contributed by atoms with Gasteiger partial charge < -0.3 is 9.29 Å². The molecule has 0 aliphatic carbocycles. The fourth-order valence-corrected chi connectivity index (χ4v) is 2.88. The summed E-state index contributed by atoms with van der Waals surface area (Å²) < 4.78 is 26.6. The van der Waals surface area contributed by atoms with Crippen LogP contribution in [-0.4, -0.2) is 41.9 Å². The number of thioether (sulfide) groups is 1. The molecular weight excluding hydrogens is 362 g/mol. The quantitative estimate of drug-likeness (QED) is 0.423. The normalized spacial score (nSPS) is 11.9. The van der Waals surface area contributed by atoms with Gasteiger partial charge in [0.15, 0.2) is 16.2 Å². The Morgan fingerprint density at radius 3 is 2.72 bits per heavy atom. The van der Waals surface area contributed by atoms with Crippen molar-refractivity contribution in [1.82, 2.24) is 14.5 Å². The number of aryl methyl sites for hydroxylation is 1. The van der Waals surface area contributed by atoms with Gasteiger partial charge in [-0.25, -0.2) is 14.2 Å². The molecular formula is C16H25N3O4S2. The van der Waals surface area contributed by atoms with Crippen LogP contribution in [0.5, 0.6) is 0 Å². The van der Waals surface area contributed by atoms with Crippen molar-refractivity contribution in [1.29, 1.82) is 0 Å². The fraction of sp³-hybridized carbons (Fsp3) is 0.562. The van der Waals surface area contributed by atoms with Gasteiger partial charge in [0.1, 0.15) is 5.65 Å².